The van der Waals surface area contributed by atoms with Gasteiger partial charge in [0, 0.05) is 21.0 Å². The van der Waals surface area contributed by atoms with E-state index < -0.39 is 0 Å². The van der Waals surface area contributed by atoms with Crippen molar-refractivity contribution in [1.29, 1.82) is 0 Å². The highest BCUT2D eigenvalue weighted by Gasteiger charge is 2.19. The number of anilines is 1. The van der Waals surface area contributed by atoms with Gasteiger partial charge >= 0.3 is 0 Å². The second kappa shape index (κ2) is 7.09. The SMILES string of the molecule is Cc1sc2ncnc(SC(C)C(=O)Nc3ccc(Cl)cc3)c2c1C. The van der Waals surface area contributed by atoms with Gasteiger partial charge in [0.25, 0.3) is 0 Å². The Kier molecular flexibility index (Phi) is 5.08. The van der Waals surface area contributed by atoms with Gasteiger partial charge in [-0.15, -0.1) is 11.3 Å². The van der Waals surface area contributed by atoms with Crippen molar-refractivity contribution >= 4 is 56.5 Å². The number of hydrogen-bond donors (Lipinski definition) is 1. The minimum Gasteiger partial charge on any atom is -0.325 e. The number of aromatic nitrogens is 2. The number of aryl methyl sites for hydroxylation is 2. The van der Waals surface area contributed by atoms with Crippen molar-refractivity contribution in [3.8, 4) is 0 Å². The van der Waals surface area contributed by atoms with Crippen LogP contribution >= 0.6 is 34.7 Å². The third-order valence-corrected chi connectivity index (χ3v) is 6.17. The van der Waals surface area contributed by atoms with Crippen molar-refractivity contribution in [1.82, 2.24) is 9.97 Å². The van der Waals surface area contributed by atoms with Gasteiger partial charge in [0.15, 0.2) is 0 Å². The zero-order valence-electron chi connectivity index (χ0n) is 13.5. The number of carbonyl (C=O) groups excluding carboxylic acids is 1. The van der Waals surface area contributed by atoms with E-state index in [1.165, 1.54) is 22.2 Å². The molecule has 1 aromatic carbocycles. The summed E-state index contributed by atoms with van der Waals surface area (Å²) in [6.07, 6.45) is 1.56. The van der Waals surface area contributed by atoms with Crippen LogP contribution in [-0.2, 0) is 4.79 Å². The maximum atomic E-state index is 12.4. The minimum atomic E-state index is -0.279. The van der Waals surface area contributed by atoms with Crippen molar-refractivity contribution < 1.29 is 4.79 Å². The van der Waals surface area contributed by atoms with E-state index >= 15 is 0 Å². The topological polar surface area (TPSA) is 54.9 Å². The second-order valence-corrected chi connectivity index (χ2v) is 8.37. The summed E-state index contributed by atoms with van der Waals surface area (Å²) in [5.41, 5.74) is 1.91. The Hall–Kier alpha value is -1.63. The Morgan fingerprint density at radius 1 is 1.25 bits per heavy atom. The molecule has 0 saturated heterocycles. The van der Waals surface area contributed by atoms with E-state index in [9.17, 15) is 4.79 Å². The van der Waals surface area contributed by atoms with Gasteiger partial charge in [0.05, 0.1) is 5.25 Å². The zero-order chi connectivity index (χ0) is 17.3. The number of nitrogens with one attached hydrogen (secondary N) is 1. The number of amides is 1. The summed E-state index contributed by atoms with van der Waals surface area (Å²) in [6.45, 7) is 6.02. The molecule has 1 N–H and O–H groups in total. The fourth-order valence-electron chi connectivity index (χ4n) is 2.24. The average molecular weight is 378 g/mol. The Morgan fingerprint density at radius 3 is 2.67 bits per heavy atom. The zero-order valence-corrected chi connectivity index (χ0v) is 15.9. The van der Waals surface area contributed by atoms with Gasteiger partial charge in [0.2, 0.25) is 5.91 Å². The van der Waals surface area contributed by atoms with E-state index in [2.05, 4.69) is 29.1 Å². The van der Waals surface area contributed by atoms with Crippen molar-refractivity contribution in [2.24, 2.45) is 0 Å². The Bertz CT molecular complexity index is 893. The molecule has 0 saturated carbocycles. The number of benzene rings is 1. The van der Waals surface area contributed by atoms with Gasteiger partial charge in [-0.25, -0.2) is 9.97 Å². The number of halogens is 1. The van der Waals surface area contributed by atoms with Gasteiger partial charge < -0.3 is 5.32 Å². The molecular weight excluding hydrogens is 362 g/mol. The van der Waals surface area contributed by atoms with Crippen molar-refractivity contribution in [2.45, 2.75) is 31.0 Å². The van der Waals surface area contributed by atoms with Crippen LogP contribution in [0, 0.1) is 13.8 Å². The molecule has 0 radical (unpaired) electrons. The number of fused-ring (bicyclic) bond motifs is 1. The summed E-state index contributed by atoms with van der Waals surface area (Å²) in [6, 6.07) is 7.07. The molecule has 0 aliphatic heterocycles. The molecule has 0 fully saturated rings. The molecule has 0 spiro atoms. The van der Waals surface area contributed by atoms with E-state index in [0.717, 1.165) is 20.9 Å². The lowest BCUT2D eigenvalue weighted by atomic mass is 10.2. The predicted octanol–water partition coefficient (Wildman–Crippen LogP) is 5.08. The first-order valence-corrected chi connectivity index (χ1v) is 9.47. The largest absolute Gasteiger partial charge is 0.325 e. The van der Waals surface area contributed by atoms with Gasteiger partial charge in [0.1, 0.15) is 16.2 Å². The average Bonchev–Trinajstić information content (AvgIpc) is 2.85. The highest BCUT2D eigenvalue weighted by atomic mass is 35.5. The molecule has 0 aliphatic carbocycles. The number of thiophene rings is 1. The van der Waals surface area contributed by atoms with Crippen LogP contribution in [0.4, 0.5) is 5.69 Å². The maximum absolute atomic E-state index is 12.4. The van der Waals surface area contributed by atoms with Crippen LogP contribution in [0.5, 0.6) is 0 Å². The molecule has 3 rings (SSSR count). The molecule has 1 amide bonds. The molecule has 124 valence electrons. The summed E-state index contributed by atoms with van der Waals surface area (Å²) in [5.74, 6) is -0.0707. The summed E-state index contributed by atoms with van der Waals surface area (Å²) in [5, 5.41) is 5.16. The van der Waals surface area contributed by atoms with Crippen molar-refractivity contribution in [3.05, 3.63) is 46.1 Å². The molecule has 0 bridgehead atoms. The molecule has 2 aromatic heterocycles. The summed E-state index contributed by atoms with van der Waals surface area (Å²) < 4.78 is 0. The molecule has 0 aliphatic rings. The van der Waals surface area contributed by atoms with E-state index in [1.807, 2.05) is 6.92 Å². The molecule has 2 heterocycles. The summed E-state index contributed by atoms with van der Waals surface area (Å²) in [7, 11) is 0. The Labute approximate surface area is 153 Å². The van der Waals surface area contributed by atoms with Crippen molar-refractivity contribution in [3.63, 3.8) is 0 Å². The van der Waals surface area contributed by atoms with Crippen molar-refractivity contribution in [2.75, 3.05) is 5.32 Å². The highest BCUT2D eigenvalue weighted by Crippen LogP contribution is 2.36. The smallest absolute Gasteiger partial charge is 0.237 e. The van der Waals surface area contributed by atoms with Crippen LogP contribution in [0.3, 0.4) is 0 Å². The molecule has 1 atom stereocenters. The molecule has 24 heavy (non-hydrogen) atoms. The Balaban J connectivity index is 1.78. The summed E-state index contributed by atoms with van der Waals surface area (Å²) >= 11 is 8.96. The maximum Gasteiger partial charge on any atom is 0.237 e. The molecular formula is C17H16ClN3OS2. The lowest BCUT2D eigenvalue weighted by molar-refractivity contribution is -0.115. The number of nitrogens with zero attached hydrogens (tertiary/aromatic N) is 2. The van der Waals surface area contributed by atoms with Gasteiger partial charge in [-0.2, -0.15) is 0 Å². The number of thioether (sulfide) groups is 1. The van der Waals surface area contributed by atoms with Crippen LogP contribution in [-0.4, -0.2) is 21.1 Å². The standard InChI is InChI=1S/C17H16ClN3OS2/c1-9-10(2)23-16-14(9)17(20-8-19-16)24-11(3)15(22)21-13-6-4-12(18)5-7-13/h4-8,11H,1-3H3,(H,21,22). The van der Waals surface area contributed by atoms with Crippen LogP contribution in [0.2, 0.25) is 5.02 Å². The third-order valence-electron chi connectivity index (χ3n) is 3.70. The summed E-state index contributed by atoms with van der Waals surface area (Å²) in [4.78, 5) is 23.3. The fraction of sp³-hybridized carbons (Fsp3) is 0.235. The van der Waals surface area contributed by atoms with Gasteiger partial charge in [-0.3, -0.25) is 4.79 Å². The van der Waals surface area contributed by atoms with Crippen LogP contribution in [0.1, 0.15) is 17.4 Å². The first-order chi connectivity index (χ1) is 11.5. The normalized spacial score (nSPS) is 12.3. The molecule has 4 nitrogen and oxygen atoms in total. The number of rotatable bonds is 4. The van der Waals surface area contributed by atoms with E-state index in [1.54, 1.807) is 41.9 Å². The minimum absolute atomic E-state index is 0.0707. The van der Waals surface area contributed by atoms with Crippen LogP contribution in [0.25, 0.3) is 10.2 Å². The molecule has 7 heteroatoms. The highest BCUT2D eigenvalue weighted by molar-refractivity contribution is 8.00. The van der Waals surface area contributed by atoms with Crippen LogP contribution in [0.15, 0.2) is 35.6 Å². The van der Waals surface area contributed by atoms with E-state index in [4.69, 9.17) is 11.6 Å². The van der Waals surface area contributed by atoms with Crippen LogP contribution < -0.4 is 5.32 Å². The lowest BCUT2D eigenvalue weighted by Gasteiger charge is -2.12. The number of hydrogen-bond acceptors (Lipinski definition) is 5. The van der Waals surface area contributed by atoms with E-state index in [0.29, 0.717) is 5.02 Å². The Morgan fingerprint density at radius 2 is 1.96 bits per heavy atom. The monoisotopic (exact) mass is 377 g/mol. The first-order valence-electron chi connectivity index (χ1n) is 7.39. The molecule has 1 unspecified atom stereocenters. The van der Waals surface area contributed by atoms with Gasteiger partial charge in [-0.1, -0.05) is 23.4 Å². The predicted molar refractivity (Wildman–Crippen MR) is 102 cm³/mol. The quantitative estimate of drug-likeness (QED) is 0.508. The third kappa shape index (κ3) is 3.55. The van der Waals surface area contributed by atoms with Gasteiger partial charge in [-0.05, 0) is 50.6 Å². The van der Waals surface area contributed by atoms with E-state index in [-0.39, 0.29) is 11.2 Å². The lowest BCUT2D eigenvalue weighted by Crippen LogP contribution is -2.22. The second-order valence-electron chi connectivity index (χ2n) is 5.40. The molecule has 3 aromatic rings. The fourth-order valence-corrected chi connectivity index (χ4v) is 4.40. The number of carbonyl (C=O) groups is 1. The first kappa shape index (κ1) is 17.2.